The van der Waals surface area contributed by atoms with Gasteiger partial charge >= 0.3 is 0 Å². The summed E-state index contributed by atoms with van der Waals surface area (Å²) < 4.78 is 62.8. The fraction of sp³-hybridized carbons (Fsp3) is 0.458. The molecule has 65 heavy (non-hydrogen) atoms. The van der Waals surface area contributed by atoms with Gasteiger partial charge in [0, 0.05) is 73.9 Å². The van der Waals surface area contributed by atoms with Crippen molar-refractivity contribution < 1.29 is 36.7 Å². The van der Waals surface area contributed by atoms with Gasteiger partial charge < -0.3 is 29.4 Å². The van der Waals surface area contributed by atoms with E-state index < -0.39 is 37.4 Å². The van der Waals surface area contributed by atoms with E-state index in [2.05, 4.69) is 67.9 Å². The van der Waals surface area contributed by atoms with Gasteiger partial charge in [-0.15, -0.1) is 0 Å². The Morgan fingerprint density at radius 1 is 1.02 bits per heavy atom. The number of carbonyl (C=O) groups excluding carboxylic acids is 1. The number of nitrogens with one attached hydrogen (secondary N) is 3. The molecule has 0 bridgehead atoms. The van der Waals surface area contributed by atoms with E-state index in [4.69, 9.17) is 14.2 Å². The fourth-order valence-corrected chi connectivity index (χ4v) is 12.0. The van der Waals surface area contributed by atoms with E-state index in [-0.39, 0.29) is 52.5 Å². The number of sulfonamides is 1. The summed E-state index contributed by atoms with van der Waals surface area (Å²) in [5.74, 6) is -1.72. The molecule has 5 aliphatic rings. The third-order valence-electron chi connectivity index (χ3n) is 14.5. The molecule has 0 radical (unpaired) electrons. The average Bonchev–Trinajstić information content (AvgIpc) is 3.97. The Morgan fingerprint density at radius 3 is 2.57 bits per heavy atom. The summed E-state index contributed by atoms with van der Waals surface area (Å²) in [5.41, 5.74) is 3.60. The van der Waals surface area contributed by atoms with E-state index in [1.807, 2.05) is 0 Å². The molecule has 10 rings (SSSR count). The number of carbonyl (C=O) groups is 1. The van der Waals surface area contributed by atoms with Gasteiger partial charge in [0.1, 0.15) is 18.0 Å². The number of aromatic nitrogens is 2. The number of ether oxygens (including phenoxy) is 3. The van der Waals surface area contributed by atoms with Gasteiger partial charge in [-0.25, -0.2) is 13.1 Å². The van der Waals surface area contributed by atoms with Gasteiger partial charge in [0.15, 0.2) is 17.2 Å². The van der Waals surface area contributed by atoms with Gasteiger partial charge in [-0.05, 0) is 111 Å². The second-order valence-corrected chi connectivity index (χ2v) is 20.4. The molecular weight excluding hydrogens is 854 g/mol. The van der Waals surface area contributed by atoms with Crippen LogP contribution in [0.4, 0.5) is 21.5 Å². The first-order chi connectivity index (χ1) is 31.3. The van der Waals surface area contributed by atoms with Crippen LogP contribution in [-0.2, 0) is 14.8 Å². The molecule has 17 heteroatoms. The van der Waals surface area contributed by atoms with Gasteiger partial charge in [-0.1, -0.05) is 38.1 Å². The summed E-state index contributed by atoms with van der Waals surface area (Å²) in [6.45, 7) is 8.52. The number of hydrogen-bond donors (Lipinski definition) is 3. The molecule has 2 atom stereocenters. The van der Waals surface area contributed by atoms with Crippen LogP contribution in [0.2, 0.25) is 0 Å². The summed E-state index contributed by atoms with van der Waals surface area (Å²) in [7, 11) is -4.71. The van der Waals surface area contributed by atoms with Gasteiger partial charge in [0.05, 0.1) is 21.4 Å². The second kappa shape index (κ2) is 17.2. The van der Waals surface area contributed by atoms with Crippen molar-refractivity contribution in [3.05, 3.63) is 106 Å². The highest BCUT2D eigenvalue weighted by molar-refractivity contribution is 7.90. The molecule has 0 unspecified atom stereocenters. The zero-order valence-electron chi connectivity index (χ0n) is 36.6. The number of nitrogens with zero attached hydrogens (tertiary/aromatic N) is 4. The molecule has 1 amide bonds. The molecule has 4 fully saturated rings. The molecule has 5 aromatic rings. The normalized spacial score (nSPS) is 21.4. The van der Waals surface area contributed by atoms with Crippen LogP contribution in [0.1, 0.15) is 98.7 Å². The zero-order valence-corrected chi connectivity index (χ0v) is 37.4. The summed E-state index contributed by atoms with van der Waals surface area (Å²) in [5, 5.41) is 16.1. The van der Waals surface area contributed by atoms with Gasteiger partial charge in [0.2, 0.25) is 0 Å². The number of hydrogen-bond acceptors (Lipinski definition) is 12. The number of rotatable bonds is 11. The van der Waals surface area contributed by atoms with Crippen molar-refractivity contribution in [2.75, 3.05) is 49.7 Å². The number of aromatic amines is 1. The minimum Gasteiger partial charge on any atom is -0.489 e. The molecule has 15 nitrogen and oxygen atoms in total. The van der Waals surface area contributed by atoms with Gasteiger partial charge in [-0.2, -0.15) is 9.37 Å². The number of anilines is 2. The van der Waals surface area contributed by atoms with Crippen molar-refractivity contribution in [1.29, 1.82) is 0 Å². The largest absolute Gasteiger partial charge is 0.489 e. The third-order valence-corrected chi connectivity index (χ3v) is 15.8. The van der Waals surface area contributed by atoms with E-state index in [9.17, 15) is 23.3 Å². The molecule has 3 aromatic carbocycles. The summed E-state index contributed by atoms with van der Waals surface area (Å²) in [6, 6.07) is 19.8. The Bertz CT molecular complexity index is 2740. The number of benzene rings is 3. The monoisotopic (exact) mass is 907 g/mol. The highest BCUT2D eigenvalue weighted by Crippen LogP contribution is 2.54. The maximum atomic E-state index is 15.4. The Kier molecular flexibility index (Phi) is 11.4. The van der Waals surface area contributed by atoms with E-state index in [0.717, 1.165) is 69.9 Å². The molecule has 3 saturated heterocycles. The molecule has 1 aliphatic carbocycles. The SMILES string of the molecule is CC(C)c1ccccc1[C@@H]1CCCN1C1CC2(CCN(c3ccc(C(=O)NS(=O)(=O)c4cc5c(c([N+](=O)[O-])c4)N[C@@H](C4CCOCC4)CO5)c(Oc4cc5cc[nH]c5nc4F)c3)CC2)C1. The molecule has 1 saturated carbocycles. The molecule has 1 spiro atoms. The molecule has 6 heterocycles. The van der Waals surface area contributed by atoms with Crippen molar-refractivity contribution in [3.8, 4) is 17.2 Å². The number of halogens is 1. The number of nitro benzene ring substituents is 1. The van der Waals surface area contributed by atoms with Crippen LogP contribution in [0.15, 0.2) is 77.8 Å². The van der Waals surface area contributed by atoms with E-state index >= 15 is 4.39 Å². The molecule has 342 valence electrons. The maximum Gasteiger partial charge on any atom is 0.297 e. The molecule has 2 aromatic heterocycles. The minimum absolute atomic E-state index is 0.0137. The number of amides is 1. The third kappa shape index (κ3) is 8.38. The maximum absolute atomic E-state index is 15.4. The van der Waals surface area contributed by atoms with Gasteiger partial charge in [0.25, 0.3) is 27.6 Å². The van der Waals surface area contributed by atoms with E-state index in [0.29, 0.717) is 42.2 Å². The predicted molar refractivity (Wildman–Crippen MR) is 243 cm³/mol. The number of piperidine rings is 1. The van der Waals surface area contributed by atoms with Crippen LogP contribution in [-0.4, -0.2) is 85.7 Å². The van der Waals surface area contributed by atoms with Crippen LogP contribution < -0.4 is 24.4 Å². The number of H-pyrrole nitrogens is 1. The zero-order chi connectivity index (χ0) is 45.0. The number of nitro groups is 1. The van der Waals surface area contributed by atoms with Crippen LogP contribution in [0, 0.1) is 27.4 Å². The quantitative estimate of drug-likeness (QED) is 0.0652. The fourth-order valence-electron chi connectivity index (χ4n) is 11.0. The molecular formula is C48H54FN7O8S. The lowest BCUT2D eigenvalue weighted by atomic mass is 9.59. The number of fused-ring (bicyclic) bond motifs is 2. The summed E-state index contributed by atoms with van der Waals surface area (Å²) in [6.07, 6.45) is 9.82. The first-order valence-corrected chi connectivity index (χ1v) is 24.2. The van der Waals surface area contributed by atoms with Crippen molar-refractivity contribution in [2.24, 2.45) is 11.3 Å². The van der Waals surface area contributed by atoms with E-state index in [1.165, 1.54) is 42.2 Å². The van der Waals surface area contributed by atoms with E-state index in [1.54, 1.807) is 24.4 Å². The van der Waals surface area contributed by atoms with Crippen molar-refractivity contribution in [3.63, 3.8) is 0 Å². The Labute approximate surface area is 377 Å². The Hall–Kier alpha value is -5.78. The lowest BCUT2D eigenvalue weighted by Gasteiger charge is -2.56. The topological polar surface area (TPSA) is 181 Å². The Morgan fingerprint density at radius 2 is 1.80 bits per heavy atom. The van der Waals surface area contributed by atoms with Crippen molar-refractivity contribution in [2.45, 2.75) is 94.2 Å². The first kappa shape index (κ1) is 43.1. The first-order valence-electron chi connectivity index (χ1n) is 22.8. The summed E-state index contributed by atoms with van der Waals surface area (Å²) in [4.78, 5) is 37.0. The molecule has 3 N–H and O–H groups in total. The van der Waals surface area contributed by atoms with Crippen LogP contribution >= 0.6 is 0 Å². The van der Waals surface area contributed by atoms with Gasteiger partial charge in [-0.3, -0.25) is 19.8 Å². The lowest BCUT2D eigenvalue weighted by Crippen LogP contribution is -2.54. The number of pyridine rings is 1. The second-order valence-electron chi connectivity index (χ2n) is 18.7. The van der Waals surface area contributed by atoms with Crippen molar-refractivity contribution in [1.82, 2.24) is 19.6 Å². The van der Waals surface area contributed by atoms with Crippen molar-refractivity contribution >= 4 is 44.0 Å². The molecule has 4 aliphatic heterocycles. The Balaban J connectivity index is 0.872. The standard InChI is InChI=1S/C48H54FN7O8S/c1-29(2)35-6-3-4-7-36(35)39-8-5-17-55(39)33-26-48(27-33)14-18-54(19-15-48)32-9-10-37(41(23-32)64-43-22-31-11-16-50-46(31)52-45(43)49)47(57)53-65(60,61)34-24-40(56(58)59)44-42(25-34)63-28-38(51-44)30-12-20-62-21-13-30/h3-4,6-7,9-11,16,22-25,29-30,33,38-39,51H,5,8,12-15,17-21,26-28H2,1-2H3,(H,50,52)(H,53,57)/t38-,39+/m1/s1. The highest BCUT2D eigenvalue weighted by Gasteiger charge is 2.50. The lowest BCUT2D eigenvalue weighted by molar-refractivity contribution is -0.384. The highest BCUT2D eigenvalue weighted by atomic mass is 32.2. The van der Waals surface area contributed by atoms with Crippen LogP contribution in [0.5, 0.6) is 17.2 Å². The predicted octanol–water partition coefficient (Wildman–Crippen LogP) is 8.83. The summed E-state index contributed by atoms with van der Waals surface area (Å²) >= 11 is 0. The van der Waals surface area contributed by atoms with Crippen LogP contribution in [0.25, 0.3) is 11.0 Å². The smallest absolute Gasteiger partial charge is 0.297 e. The minimum atomic E-state index is -4.71. The van der Waals surface area contributed by atoms with Crippen LogP contribution in [0.3, 0.4) is 0 Å². The number of likely N-dealkylation sites (tertiary alicyclic amines) is 1. The average molecular weight is 908 g/mol.